The number of rotatable bonds is 2. The highest BCUT2D eigenvalue weighted by Crippen LogP contribution is 2.50. The summed E-state index contributed by atoms with van der Waals surface area (Å²) in [5.41, 5.74) is -2.38. The average Bonchev–Trinajstić information content (AvgIpc) is 2.80. The molecule has 1 aromatic rings. The predicted octanol–water partition coefficient (Wildman–Crippen LogP) is 3.72. The third-order valence-corrected chi connectivity index (χ3v) is 7.62. The molecule has 0 atom stereocenters. The summed E-state index contributed by atoms with van der Waals surface area (Å²) in [6.45, 7) is 14.1. The molecule has 2 fully saturated rings. The van der Waals surface area contributed by atoms with Crippen molar-refractivity contribution in [3.8, 4) is 0 Å². The number of benzene rings is 1. The summed E-state index contributed by atoms with van der Waals surface area (Å²) in [5.74, 6) is 0. The molecule has 8 nitrogen and oxygen atoms in total. The third kappa shape index (κ3) is 2.54. The van der Waals surface area contributed by atoms with E-state index in [-0.39, 0.29) is 0 Å². The molecular weight excluding hydrogens is 360 g/mol. The number of hydroxylamine groups is 8. The van der Waals surface area contributed by atoms with Crippen molar-refractivity contribution in [2.75, 3.05) is 0 Å². The van der Waals surface area contributed by atoms with Gasteiger partial charge in [-0.1, -0.05) is 24.3 Å². The van der Waals surface area contributed by atoms with Gasteiger partial charge in [0, 0.05) is 11.1 Å². The second kappa shape index (κ2) is 6.20. The minimum Gasteiger partial charge on any atom is -0.783 e. The Labute approximate surface area is 167 Å². The topological polar surface area (TPSA) is 98.9 Å². The van der Waals surface area contributed by atoms with Crippen molar-refractivity contribution in [3.63, 3.8) is 0 Å². The van der Waals surface area contributed by atoms with Crippen LogP contribution in [0.15, 0.2) is 24.3 Å². The van der Waals surface area contributed by atoms with Gasteiger partial charge < -0.3 is 20.5 Å². The molecule has 8 heteroatoms. The van der Waals surface area contributed by atoms with Crippen molar-refractivity contribution in [1.29, 1.82) is 0 Å². The molecule has 0 N–H and O–H groups in total. The predicted molar refractivity (Wildman–Crippen MR) is 104 cm³/mol. The van der Waals surface area contributed by atoms with Gasteiger partial charge >= 0.3 is 0 Å². The maximum atomic E-state index is 12.8. The van der Waals surface area contributed by atoms with Crippen molar-refractivity contribution in [1.82, 2.24) is 20.3 Å². The van der Waals surface area contributed by atoms with Crippen LogP contribution in [0.1, 0.15) is 78.8 Å². The summed E-state index contributed by atoms with van der Waals surface area (Å²) in [6.07, 6.45) is -1.94. The van der Waals surface area contributed by atoms with Crippen LogP contribution in [0.3, 0.4) is 0 Å². The lowest BCUT2D eigenvalue weighted by Crippen LogP contribution is -2.51. The van der Waals surface area contributed by atoms with Crippen molar-refractivity contribution < 1.29 is 10.4 Å². The largest absolute Gasteiger partial charge is 0.783 e. The smallest absolute Gasteiger partial charge is 0.105 e. The van der Waals surface area contributed by atoms with E-state index in [1.807, 2.05) is 0 Å². The van der Waals surface area contributed by atoms with Crippen LogP contribution in [-0.2, 0) is 10.4 Å². The molecule has 0 unspecified atom stereocenters. The van der Waals surface area contributed by atoms with Crippen molar-refractivity contribution >= 4 is 0 Å². The first-order valence-corrected chi connectivity index (χ1v) is 9.56. The van der Waals surface area contributed by atoms with E-state index in [1.165, 1.54) is 0 Å². The standard InChI is InChI=1S/C20H30N4O4/c1-17(2)18(3,4)22(26)15(21(17)25)13-9-11-14(12-10-13)16-23(27)19(5,6)20(7,8)24(16)28/h9-12,15-16H,1-8H3/q-2. The Morgan fingerprint density at radius 1 is 0.607 bits per heavy atom. The molecule has 0 aliphatic carbocycles. The van der Waals surface area contributed by atoms with Crippen LogP contribution in [0, 0.1) is 10.4 Å². The van der Waals surface area contributed by atoms with Crippen molar-refractivity contribution in [3.05, 3.63) is 45.8 Å². The molecule has 3 rings (SSSR count). The summed E-state index contributed by atoms with van der Waals surface area (Å²) in [7, 11) is 0. The molecule has 0 spiro atoms. The van der Waals surface area contributed by atoms with E-state index < -0.39 is 34.5 Å². The lowest BCUT2D eigenvalue weighted by molar-refractivity contribution is -0.232. The lowest BCUT2D eigenvalue weighted by atomic mass is 9.84. The summed E-state index contributed by atoms with van der Waals surface area (Å²) in [4.78, 5) is 0. The molecule has 2 heterocycles. The van der Waals surface area contributed by atoms with Crippen LogP contribution in [0.2, 0.25) is 0 Å². The van der Waals surface area contributed by atoms with Gasteiger partial charge in [0.1, 0.15) is 12.3 Å². The van der Waals surface area contributed by atoms with Gasteiger partial charge in [0.2, 0.25) is 0 Å². The maximum absolute atomic E-state index is 12.8. The van der Waals surface area contributed by atoms with Gasteiger partial charge in [-0.05, 0) is 66.5 Å². The minimum atomic E-state index is -0.970. The maximum Gasteiger partial charge on any atom is 0.105 e. The Kier molecular flexibility index (Phi) is 4.78. The van der Waals surface area contributed by atoms with E-state index in [0.29, 0.717) is 11.1 Å². The van der Waals surface area contributed by atoms with E-state index >= 15 is 0 Å². The van der Waals surface area contributed by atoms with Crippen molar-refractivity contribution in [2.45, 2.75) is 89.9 Å². The van der Waals surface area contributed by atoms with Crippen LogP contribution in [0.5, 0.6) is 0 Å². The molecule has 2 aliphatic rings. The zero-order valence-corrected chi connectivity index (χ0v) is 17.9. The van der Waals surface area contributed by atoms with Crippen LogP contribution in [0.25, 0.3) is 0 Å². The van der Waals surface area contributed by atoms with Gasteiger partial charge in [0.25, 0.3) is 0 Å². The monoisotopic (exact) mass is 390 g/mol. The second-order valence-electron chi connectivity index (χ2n) is 9.95. The molecule has 0 amide bonds. The molecule has 1 aromatic carbocycles. The minimum absolute atomic E-state index is 0.541. The van der Waals surface area contributed by atoms with Gasteiger partial charge in [-0.15, -0.1) is 20.5 Å². The molecule has 2 aliphatic heterocycles. The van der Waals surface area contributed by atoms with E-state index in [2.05, 4.69) is 0 Å². The highest BCUT2D eigenvalue weighted by molar-refractivity contribution is 5.31. The zero-order chi connectivity index (χ0) is 21.4. The van der Waals surface area contributed by atoms with Crippen LogP contribution >= 0.6 is 0 Å². The van der Waals surface area contributed by atoms with Crippen LogP contribution in [0.4, 0.5) is 0 Å². The first-order chi connectivity index (χ1) is 12.6. The van der Waals surface area contributed by atoms with Crippen LogP contribution < -0.4 is 0 Å². The Hall–Kier alpha value is -1.10. The fourth-order valence-corrected chi connectivity index (χ4v) is 3.87. The molecule has 2 saturated heterocycles. The fraction of sp³-hybridized carbons (Fsp3) is 0.700. The number of hydrogen-bond acceptors (Lipinski definition) is 6. The fourth-order valence-electron chi connectivity index (χ4n) is 3.87. The average molecular weight is 390 g/mol. The molecule has 0 aromatic heterocycles. The zero-order valence-electron chi connectivity index (χ0n) is 17.9. The SMILES string of the molecule is CC1(C)N([O])C(c2ccc(C3N([O])C(C)(C)C(C)(C)N3[O-])cc2)N([O-])C1(C)C. The number of nitrogens with zero attached hydrogens (tertiary/aromatic N) is 4. The molecule has 0 bridgehead atoms. The molecule has 2 radical (unpaired) electrons. The Morgan fingerprint density at radius 2 is 0.857 bits per heavy atom. The van der Waals surface area contributed by atoms with Crippen molar-refractivity contribution in [2.24, 2.45) is 0 Å². The normalized spacial score (nSPS) is 32.9. The van der Waals surface area contributed by atoms with Crippen LogP contribution in [-0.4, -0.2) is 42.4 Å². The second-order valence-corrected chi connectivity index (χ2v) is 9.95. The van der Waals surface area contributed by atoms with E-state index in [1.54, 1.807) is 79.7 Å². The van der Waals surface area contributed by atoms with E-state index in [9.17, 15) is 20.8 Å². The Bertz CT molecular complexity index is 644. The van der Waals surface area contributed by atoms with Gasteiger partial charge in [-0.25, -0.2) is 0 Å². The third-order valence-electron chi connectivity index (χ3n) is 7.62. The molecule has 156 valence electrons. The highest BCUT2D eigenvalue weighted by atomic mass is 16.6. The summed E-state index contributed by atoms with van der Waals surface area (Å²) in [6, 6.07) is 6.64. The Morgan fingerprint density at radius 3 is 1.04 bits per heavy atom. The van der Waals surface area contributed by atoms with Gasteiger partial charge in [0.05, 0.1) is 11.1 Å². The van der Waals surface area contributed by atoms with E-state index in [4.69, 9.17) is 0 Å². The molecule has 0 saturated carbocycles. The van der Waals surface area contributed by atoms with E-state index in [0.717, 1.165) is 20.3 Å². The first-order valence-electron chi connectivity index (χ1n) is 9.56. The summed E-state index contributed by atoms with van der Waals surface area (Å²) >= 11 is 0. The van der Waals surface area contributed by atoms with Gasteiger partial charge in [-0.2, -0.15) is 0 Å². The van der Waals surface area contributed by atoms with Gasteiger partial charge in [-0.3, -0.25) is 0 Å². The lowest BCUT2D eigenvalue weighted by Gasteiger charge is -2.44. The van der Waals surface area contributed by atoms with Gasteiger partial charge in [0.15, 0.2) is 0 Å². The Balaban J connectivity index is 1.94. The highest BCUT2D eigenvalue weighted by Gasteiger charge is 2.56. The summed E-state index contributed by atoms with van der Waals surface area (Å²) < 4.78 is 0. The number of hydrogen-bond donors (Lipinski definition) is 0. The summed E-state index contributed by atoms with van der Waals surface area (Å²) in [5, 5.41) is 54.6. The molecular formula is C20H30N4O4-2. The first kappa shape index (κ1) is 21.6. The quantitative estimate of drug-likeness (QED) is 0.763. The molecule has 28 heavy (non-hydrogen) atoms.